The van der Waals surface area contributed by atoms with Gasteiger partial charge in [-0.1, -0.05) is 108 Å². The van der Waals surface area contributed by atoms with Gasteiger partial charge in [-0.25, -0.2) is 9.98 Å². The fraction of sp³-hybridized carbons (Fsp3) is 0.138. The number of aliphatic imine (C=N–C) groups is 2. The maximum atomic E-state index is 13.8. The third kappa shape index (κ3) is 2.49. The van der Waals surface area contributed by atoms with Crippen LogP contribution in [-0.2, 0) is 0 Å². The summed E-state index contributed by atoms with van der Waals surface area (Å²) in [5.74, 6) is 0.0633. The second kappa shape index (κ2) is 6.94. The van der Waals surface area contributed by atoms with Crippen LogP contribution < -0.4 is 0 Å². The number of benzene rings is 3. The molecule has 2 aliphatic heterocycles. The highest BCUT2D eigenvalue weighted by Gasteiger charge is 2.63. The molecule has 3 nitrogen and oxygen atoms in total. The Morgan fingerprint density at radius 3 is 1.56 bits per heavy atom. The van der Waals surface area contributed by atoms with Crippen molar-refractivity contribution in [2.45, 2.75) is 23.3 Å². The van der Waals surface area contributed by atoms with Crippen LogP contribution >= 0.6 is 23.5 Å². The first-order chi connectivity index (χ1) is 16.5. The van der Waals surface area contributed by atoms with E-state index in [1.165, 1.54) is 0 Å². The Bertz CT molecular complexity index is 1530. The van der Waals surface area contributed by atoms with Crippen molar-refractivity contribution in [3.63, 3.8) is 0 Å². The monoisotopic (exact) mass is 476 g/mol. The Hall–Kier alpha value is -3.15. The molecule has 0 spiro atoms. The van der Waals surface area contributed by atoms with Crippen molar-refractivity contribution in [3.8, 4) is 0 Å². The van der Waals surface area contributed by atoms with E-state index in [1.54, 1.807) is 23.5 Å². The van der Waals surface area contributed by atoms with E-state index in [9.17, 15) is 4.79 Å². The van der Waals surface area contributed by atoms with Crippen LogP contribution in [0.3, 0.4) is 0 Å². The lowest BCUT2D eigenvalue weighted by Gasteiger charge is -2.44. The van der Waals surface area contributed by atoms with Gasteiger partial charge in [0.25, 0.3) is 0 Å². The smallest absolute Gasteiger partial charge is 0.196 e. The van der Waals surface area contributed by atoms with Crippen LogP contribution in [0.5, 0.6) is 0 Å². The molecule has 4 aliphatic rings. The minimum absolute atomic E-state index is 0.0633. The largest absolute Gasteiger partial charge is 0.288 e. The van der Waals surface area contributed by atoms with E-state index >= 15 is 0 Å². The van der Waals surface area contributed by atoms with Crippen LogP contribution in [0.1, 0.15) is 40.9 Å². The summed E-state index contributed by atoms with van der Waals surface area (Å²) in [5, 5.41) is 1.96. The van der Waals surface area contributed by atoms with E-state index in [1.807, 2.05) is 54.6 Å². The Morgan fingerprint density at radius 1 is 0.588 bits per heavy atom. The van der Waals surface area contributed by atoms with Crippen molar-refractivity contribution in [1.29, 1.82) is 0 Å². The Labute approximate surface area is 206 Å². The van der Waals surface area contributed by atoms with Crippen LogP contribution in [0.2, 0.25) is 0 Å². The van der Waals surface area contributed by atoms with Crippen molar-refractivity contribution >= 4 is 45.0 Å². The van der Waals surface area contributed by atoms with Gasteiger partial charge in [0, 0.05) is 22.3 Å². The topological polar surface area (TPSA) is 41.8 Å². The van der Waals surface area contributed by atoms with Gasteiger partial charge in [0.15, 0.2) is 5.78 Å². The molecule has 0 fully saturated rings. The number of carbonyl (C=O) groups excluding carboxylic acids is 1. The van der Waals surface area contributed by atoms with Crippen LogP contribution in [0.4, 0.5) is 0 Å². The minimum atomic E-state index is -0.436. The van der Waals surface area contributed by atoms with Gasteiger partial charge in [-0.3, -0.25) is 4.79 Å². The molecule has 2 heterocycles. The molecule has 2 aliphatic carbocycles. The molecule has 7 rings (SSSR count). The zero-order valence-electron chi connectivity index (χ0n) is 18.7. The molecule has 3 aromatic rings. The van der Waals surface area contributed by atoms with Crippen molar-refractivity contribution in [2.75, 3.05) is 0 Å². The highest BCUT2D eigenvalue weighted by atomic mass is 32.2. The average molecular weight is 477 g/mol. The molecule has 0 saturated carbocycles. The minimum Gasteiger partial charge on any atom is -0.288 e. The number of nitrogens with zero attached hydrogens (tertiary/aromatic N) is 2. The fourth-order valence-electron chi connectivity index (χ4n) is 5.34. The molecule has 34 heavy (non-hydrogen) atoms. The SMILES string of the molecule is CC12SC(c3ccccc3)=NC1=C1C(=O)c3ccccc3C1=C1N=C(c3ccccc3)SC12C. The molecule has 0 bridgehead atoms. The van der Waals surface area contributed by atoms with Crippen LogP contribution in [-0.4, -0.2) is 25.4 Å². The summed E-state index contributed by atoms with van der Waals surface area (Å²) in [7, 11) is 0. The fourth-order valence-corrected chi connectivity index (χ4v) is 8.22. The summed E-state index contributed by atoms with van der Waals surface area (Å²) < 4.78 is -0.816. The van der Waals surface area contributed by atoms with Gasteiger partial charge >= 0.3 is 0 Å². The van der Waals surface area contributed by atoms with E-state index in [4.69, 9.17) is 9.98 Å². The number of fused-ring (bicyclic) bond motifs is 6. The first-order valence-corrected chi connectivity index (χ1v) is 12.9. The number of ketones is 1. The summed E-state index contributed by atoms with van der Waals surface area (Å²) >= 11 is 3.56. The third-order valence-corrected chi connectivity index (χ3v) is 10.5. The quantitative estimate of drug-likeness (QED) is 0.410. The van der Waals surface area contributed by atoms with Gasteiger partial charge in [0.05, 0.1) is 26.5 Å². The van der Waals surface area contributed by atoms with E-state index in [-0.39, 0.29) is 10.5 Å². The molecule has 2 atom stereocenters. The Balaban J connectivity index is 1.52. The molecule has 2 unspecified atom stereocenters. The molecule has 3 aromatic carbocycles. The average Bonchev–Trinajstić information content (AvgIpc) is 3.51. The summed E-state index contributed by atoms with van der Waals surface area (Å²) in [6.07, 6.45) is 0. The molecule has 0 N–H and O–H groups in total. The van der Waals surface area contributed by atoms with Gasteiger partial charge in [-0.05, 0) is 19.4 Å². The standard InChI is InChI=1S/C29H20N2OS2/c1-28-24(30-26(33-28)17-11-5-3-6-12-17)21-19-15-9-10-16-20(19)23(32)22(21)25-29(28,2)34-27(31-25)18-13-7-4-8-14-18/h3-16H,1-2H3. The number of hydrogen-bond acceptors (Lipinski definition) is 5. The van der Waals surface area contributed by atoms with Gasteiger partial charge in [-0.2, -0.15) is 0 Å². The maximum Gasteiger partial charge on any atom is 0.196 e. The predicted octanol–water partition coefficient (Wildman–Crippen LogP) is 6.77. The molecule has 0 aromatic heterocycles. The molecule has 0 radical (unpaired) electrons. The van der Waals surface area contributed by atoms with E-state index < -0.39 is 4.75 Å². The van der Waals surface area contributed by atoms with Crippen molar-refractivity contribution < 1.29 is 4.79 Å². The first-order valence-electron chi connectivity index (χ1n) is 11.3. The highest BCUT2D eigenvalue weighted by molar-refractivity contribution is 8.20. The second-order valence-corrected chi connectivity index (χ2v) is 12.0. The molecular formula is C29H20N2OS2. The lowest BCUT2D eigenvalue weighted by molar-refractivity contribution is 0.104. The summed E-state index contributed by atoms with van der Waals surface area (Å²) in [5.41, 5.74) is 7.49. The number of hydrogen-bond donors (Lipinski definition) is 0. The van der Waals surface area contributed by atoms with Gasteiger partial charge in [0.1, 0.15) is 10.1 Å². The molecule has 5 heteroatoms. The van der Waals surface area contributed by atoms with Gasteiger partial charge in [-0.15, -0.1) is 0 Å². The maximum absolute atomic E-state index is 13.8. The second-order valence-electron chi connectivity index (χ2n) is 9.16. The normalized spacial score (nSPS) is 26.7. The van der Waals surface area contributed by atoms with E-state index in [0.29, 0.717) is 0 Å². The summed E-state index contributed by atoms with van der Waals surface area (Å²) in [4.78, 5) is 24.2. The lowest BCUT2D eigenvalue weighted by atomic mass is 9.77. The predicted molar refractivity (Wildman–Crippen MR) is 143 cm³/mol. The molecule has 0 amide bonds. The lowest BCUT2D eigenvalue weighted by Crippen LogP contribution is -2.47. The number of thioether (sulfide) groups is 2. The third-order valence-electron chi connectivity index (χ3n) is 7.28. The van der Waals surface area contributed by atoms with Gasteiger partial charge in [0.2, 0.25) is 0 Å². The van der Waals surface area contributed by atoms with E-state index in [2.05, 4.69) is 44.2 Å². The summed E-state index contributed by atoms with van der Waals surface area (Å²) in [6, 6.07) is 28.5. The van der Waals surface area contributed by atoms with Crippen molar-refractivity contribution in [3.05, 3.63) is 124 Å². The van der Waals surface area contributed by atoms with Crippen LogP contribution in [0.15, 0.2) is 112 Å². The highest BCUT2D eigenvalue weighted by Crippen LogP contribution is 2.67. The van der Waals surface area contributed by atoms with Gasteiger partial charge < -0.3 is 0 Å². The molecule has 0 saturated heterocycles. The van der Waals surface area contributed by atoms with Crippen LogP contribution in [0.25, 0.3) is 5.57 Å². The van der Waals surface area contributed by atoms with Crippen LogP contribution in [0, 0.1) is 0 Å². The number of carbonyl (C=O) groups is 1. The van der Waals surface area contributed by atoms with Crippen molar-refractivity contribution in [1.82, 2.24) is 0 Å². The first kappa shape index (κ1) is 20.2. The Morgan fingerprint density at radius 2 is 1.03 bits per heavy atom. The van der Waals surface area contributed by atoms with Crippen molar-refractivity contribution in [2.24, 2.45) is 9.98 Å². The zero-order valence-corrected chi connectivity index (χ0v) is 20.3. The van der Waals surface area contributed by atoms with E-state index in [0.717, 1.165) is 54.9 Å². The molecular weight excluding hydrogens is 456 g/mol. The number of Topliss-reactive ketones (excluding diaryl/α,β-unsaturated/α-hetero) is 1. The molecule has 164 valence electrons. The summed E-state index contributed by atoms with van der Waals surface area (Å²) in [6.45, 7) is 4.51. The number of allylic oxidation sites excluding steroid dienone is 2. The number of rotatable bonds is 2. The Kier molecular flexibility index (Phi) is 4.13. The zero-order chi connectivity index (χ0) is 23.1.